The summed E-state index contributed by atoms with van der Waals surface area (Å²) in [6, 6.07) is 14.4. The highest BCUT2D eigenvalue weighted by Crippen LogP contribution is 2.26. The van der Waals surface area contributed by atoms with Gasteiger partial charge in [0.05, 0.1) is 10.4 Å². The summed E-state index contributed by atoms with van der Waals surface area (Å²) in [7, 11) is 0. The zero-order chi connectivity index (χ0) is 18.5. The molecule has 1 aliphatic rings. The normalized spacial score (nSPS) is 15.7. The van der Waals surface area contributed by atoms with Crippen LogP contribution in [0.2, 0.25) is 0 Å². The number of carbonyl (C=O) groups is 1. The molecule has 0 spiro atoms. The van der Waals surface area contributed by atoms with Crippen LogP contribution in [0.15, 0.2) is 48.7 Å². The van der Waals surface area contributed by atoms with E-state index >= 15 is 0 Å². The summed E-state index contributed by atoms with van der Waals surface area (Å²) in [5.41, 5.74) is 1.17. The molecule has 5 heteroatoms. The van der Waals surface area contributed by atoms with Crippen molar-refractivity contribution in [3.8, 4) is 5.00 Å². The molecule has 1 N–H and O–H groups in total. The van der Waals surface area contributed by atoms with Crippen molar-refractivity contribution in [1.29, 1.82) is 0 Å². The van der Waals surface area contributed by atoms with Crippen molar-refractivity contribution < 1.29 is 4.79 Å². The van der Waals surface area contributed by atoms with E-state index in [1.54, 1.807) is 11.3 Å². The van der Waals surface area contributed by atoms with Crippen LogP contribution in [0.3, 0.4) is 0 Å². The lowest BCUT2D eigenvalue weighted by molar-refractivity contribution is 0.0955. The number of benzene rings is 1. The number of likely N-dealkylation sites (tertiary alicyclic amines) is 1. The molecule has 3 aromatic rings. The number of carbonyl (C=O) groups excluding carboxylic acids is 1. The number of fused-ring (bicyclic) bond motifs is 1. The maximum absolute atomic E-state index is 12.5. The van der Waals surface area contributed by atoms with Crippen LogP contribution in [0.4, 0.5) is 0 Å². The van der Waals surface area contributed by atoms with Gasteiger partial charge in [0.2, 0.25) is 0 Å². The molecule has 4 nitrogen and oxygen atoms in total. The first-order valence-electron chi connectivity index (χ1n) is 9.98. The Hall–Kier alpha value is -2.11. The fourth-order valence-electron chi connectivity index (χ4n) is 3.81. The lowest BCUT2D eigenvalue weighted by atomic mass is 10.2. The molecule has 1 fully saturated rings. The van der Waals surface area contributed by atoms with Gasteiger partial charge in [0.15, 0.2) is 0 Å². The summed E-state index contributed by atoms with van der Waals surface area (Å²) in [5, 5.41) is 5.37. The first-order chi connectivity index (χ1) is 13.3. The number of thiophene rings is 1. The molecule has 27 heavy (non-hydrogen) atoms. The first-order valence-corrected chi connectivity index (χ1v) is 10.8. The van der Waals surface area contributed by atoms with Crippen molar-refractivity contribution >= 4 is 28.1 Å². The maximum atomic E-state index is 12.5. The number of aromatic nitrogens is 1. The number of hydrogen-bond donors (Lipinski definition) is 1. The lowest BCUT2D eigenvalue weighted by Crippen LogP contribution is -2.30. The van der Waals surface area contributed by atoms with Crippen LogP contribution >= 0.6 is 11.3 Å². The van der Waals surface area contributed by atoms with Gasteiger partial charge < -0.3 is 14.8 Å². The zero-order valence-corrected chi connectivity index (χ0v) is 16.5. The Labute approximate surface area is 164 Å². The van der Waals surface area contributed by atoms with Crippen LogP contribution in [0, 0.1) is 0 Å². The monoisotopic (exact) mass is 381 g/mol. The molecule has 2 aromatic heterocycles. The summed E-state index contributed by atoms with van der Waals surface area (Å²) >= 11 is 1.54. The molecule has 1 aromatic carbocycles. The molecular formula is C22H27N3OS. The van der Waals surface area contributed by atoms with Crippen LogP contribution in [-0.2, 0) is 0 Å². The van der Waals surface area contributed by atoms with Gasteiger partial charge in [-0.25, -0.2) is 0 Å². The quantitative estimate of drug-likeness (QED) is 0.629. The minimum absolute atomic E-state index is 0.0404. The minimum Gasteiger partial charge on any atom is -0.351 e. The standard InChI is InChI=1S/C22H27N3OS/c26-22(23-13-7-16-24-14-5-1-2-6-15-24)20-10-11-21(27-20)25-17-12-18-8-3-4-9-19(18)25/h3-4,8-12,17H,1-2,5-7,13-16H2,(H,23,26). The molecule has 0 aliphatic carbocycles. The average molecular weight is 382 g/mol. The second-order valence-electron chi connectivity index (χ2n) is 7.25. The number of para-hydroxylation sites is 1. The fraction of sp³-hybridized carbons (Fsp3) is 0.409. The average Bonchev–Trinajstić information content (AvgIpc) is 3.26. The Kier molecular flexibility index (Phi) is 5.90. The van der Waals surface area contributed by atoms with Gasteiger partial charge >= 0.3 is 0 Å². The summed E-state index contributed by atoms with van der Waals surface area (Å²) in [6.07, 6.45) is 8.46. The number of rotatable bonds is 6. The van der Waals surface area contributed by atoms with E-state index in [4.69, 9.17) is 0 Å². The van der Waals surface area contributed by atoms with Crippen molar-refractivity contribution in [3.63, 3.8) is 0 Å². The summed E-state index contributed by atoms with van der Waals surface area (Å²) in [4.78, 5) is 15.8. The van der Waals surface area contributed by atoms with Gasteiger partial charge in [-0.2, -0.15) is 0 Å². The number of nitrogens with zero attached hydrogens (tertiary/aromatic N) is 2. The Morgan fingerprint density at radius 1 is 1.00 bits per heavy atom. The van der Waals surface area contributed by atoms with Crippen LogP contribution in [-0.4, -0.2) is 41.6 Å². The number of amides is 1. The van der Waals surface area contributed by atoms with Crippen molar-refractivity contribution in [2.24, 2.45) is 0 Å². The zero-order valence-electron chi connectivity index (χ0n) is 15.7. The Bertz CT molecular complexity index is 890. The third-order valence-corrected chi connectivity index (χ3v) is 6.37. The Balaban J connectivity index is 1.31. The SMILES string of the molecule is O=C(NCCCN1CCCCCC1)c1ccc(-n2ccc3ccccc32)s1. The second-order valence-corrected chi connectivity index (χ2v) is 8.31. The van der Waals surface area contributed by atoms with E-state index < -0.39 is 0 Å². The third kappa shape index (κ3) is 4.42. The van der Waals surface area contributed by atoms with E-state index in [1.165, 1.54) is 49.7 Å². The van der Waals surface area contributed by atoms with Gasteiger partial charge in [-0.05, 0) is 68.5 Å². The molecule has 3 heterocycles. The van der Waals surface area contributed by atoms with Gasteiger partial charge in [0.1, 0.15) is 5.00 Å². The topological polar surface area (TPSA) is 37.3 Å². The predicted octanol–water partition coefficient (Wildman–Crippen LogP) is 4.69. The molecule has 0 saturated carbocycles. The van der Waals surface area contributed by atoms with Crippen molar-refractivity contribution in [2.75, 3.05) is 26.2 Å². The molecule has 0 atom stereocenters. The highest BCUT2D eigenvalue weighted by molar-refractivity contribution is 7.16. The molecule has 1 amide bonds. The molecule has 0 unspecified atom stereocenters. The minimum atomic E-state index is 0.0404. The highest BCUT2D eigenvalue weighted by Gasteiger charge is 2.12. The van der Waals surface area contributed by atoms with E-state index in [9.17, 15) is 4.79 Å². The summed E-state index contributed by atoms with van der Waals surface area (Å²) in [6.45, 7) is 4.26. The van der Waals surface area contributed by atoms with Gasteiger partial charge in [0, 0.05) is 12.7 Å². The van der Waals surface area contributed by atoms with E-state index in [2.05, 4.69) is 39.2 Å². The number of nitrogens with one attached hydrogen (secondary N) is 1. The maximum Gasteiger partial charge on any atom is 0.261 e. The molecule has 0 radical (unpaired) electrons. The van der Waals surface area contributed by atoms with E-state index in [1.807, 2.05) is 24.3 Å². The van der Waals surface area contributed by atoms with E-state index in [0.29, 0.717) is 0 Å². The molecule has 142 valence electrons. The molecule has 1 aliphatic heterocycles. The van der Waals surface area contributed by atoms with Crippen LogP contribution in [0.25, 0.3) is 15.9 Å². The molecular weight excluding hydrogens is 354 g/mol. The smallest absolute Gasteiger partial charge is 0.261 e. The fourth-order valence-corrected chi connectivity index (χ4v) is 4.73. The lowest BCUT2D eigenvalue weighted by Gasteiger charge is -2.19. The van der Waals surface area contributed by atoms with Crippen molar-refractivity contribution in [2.45, 2.75) is 32.1 Å². The van der Waals surface area contributed by atoms with Crippen LogP contribution in [0.5, 0.6) is 0 Å². The molecule has 4 rings (SSSR count). The van der Waals surface area contributed by atoms with E-state index in [-0.39, 0.29) is 5.91 Å². The van der Waals surface area contributed by atoms with Gasteiger partial charge in [-0.15, -0.1) is 11.3 Å². The predicted molar refractivity (Wildman–Crippen MR) is 113 cm³/mol. The Morgan fingerprint density at radius 2 is 1.81 bits per heavy atom. The largest absolute Gasteiger partial charge is 0.351 e. The Morgan fingerprint density at radius 3 is 2.67 bits per heavy atom. The van der Waals surface area contributed by atoms with E-state index in [0.717, 1.165) is 29.4 Å². The summed E-state index contributed by atoms with van der Waals surface area (Å²) < 4.78 is 2.15. The second kappa shape index (κ2) is 8.72. The summed E-state index contributed by atoms with van der Waals surface area (Å²) in [5.74, 6) is 0.0404. The van der Waals surface area contributed by atoms with Gasteiger partial charge in [-0.1, -0.05) is 31.0 Å². The van der Waals surface area contributed by atoms with Gasteiger partial charge in [-0.3, -0.25) is 4.79 Å². The van der Waals surface area contributed by atoms with Crippen LogP contribution < -0.4 is 5.32 Å². The van der Waals surface area contributed by atoms with Crippen molar-refractivity contribution in [3.05, 3.63) is 53.5 Å². The third-order valence-electron chi connectivity index (χ3n) is 5.29. The first kappa shape index (κ1) is 18.3. The molecule has 1 saturated heterocycles. The molecule has 0 bridgehead atoms. The van der Waals surface area contributed by atoms with Gasteiger partial charge in [0.25, 0.3) is 5.91 Å². The van der Waals surface area contributed by atoms with Crippen molar-refractivity contribution in [1.82, 2.24) is 14.8 Å². The highest BCUT2D eigenvalue weighted by atomic mass is 32.1. The van der Waals surface area contributed by atoms with Crippen LogP contribution in [0.1, 0.15) is 41.8 Å². The number of hydrogen-bond acceptors (Lipinski definition) is 3.